The molecule has 7 rings (SSSR count). The van der Waals surface area contributed by atoms with Crippen LogP contribution in [0.4, 0.5) is 15.9 Å². The zero-order valence-electron chi connectivity index (χ0n) is 45.2. The molecule has 21 heteroatoms. The SMILES string of the molecule is C=Nn1cnc(-c2cn[nH]c2)c(OC(C)C)/c1=N/CNc1ccc(SN2CCCC(CN3CCC(c4ccc5c(N(C)CCC(=O)NC)nn(C)c5c4)C=CCC3(C)C)C2)cc1F.C=O.CC.CC=O.CNC=O. The number of aromatic nitrogens is 6. The molecule has 404 valence electrons. The summed E-state index contributed by atoms with van der Waals surface area (Å²) in [6, 6.07) is 12.1. The number of aromatic amines is 1. The summed E-state index contributed by atoms with van der Waals surface area (Å²) < 4.78 is 27.6. The fourth-order valence-corrected chi connectivity index (χ4v) is 9.55. The number of piperidine rings is 1. The summed E-state index contributed by atoms with van der Waals surface area (Å²) in [7, 11) is 7.21. The summed E-state index contributed by atoms with van der Waals surface area (Å²) in [4.78, 5) is 52.6. The quantitative estimate of drug-likeness (QED) is 0.0309. The molecule has 2 unspecified atom stereocenters. The lowest BCUT2D eigenvalue weighted by molar-refractivity contribution is -0.120. The van der Waals surface area contributed by atoms with Crippen LogP contribution >= 0.6 is 11.9 Å². The molecule has 3 aromatic heterocycles. The zero-order chi connectivity index (χ0) is 54.8. The van der Waals surface area contributed by atoms with Crippen LogP contribution in [0.3, 0.4) is 0 Å². The second-order valence-electron chi connectivity index (χ2n) is 18.0. The minimum Gasteiger partial charge on any atom is -0.485 e. The van der Waals surface area contributed by atoms with Crippen LogP contribution < -0.4 is 31.1 Å². The van der Waals surface area contributed by atoms with E-state index in [0.717, 1.165) is 78.9 Å². The number of aldehydes is 1. The number of rotatable bonds is 17. The number of hydrogen-bond donors (Lipinski definition) is 4. The summed E-state index contributed by atoms with van der Waals surface area (Å²) in [6.45, 7) is 24.3. The van der Waals surface area contributed by atoms with Crippen molar-refractivity contribution in [2.24, 2.45) is 23.1 Å². The van der Waals surface area contributed by atoms with Crippen LogP contribution in [0.15, 0.2) is 82.3 Å². The Balaban J connectivity index is 0.00000121. The molecule has 5 aromatic rings. The van der Waals surface area contributed by atoms with Crippen LogP contribution in [0.2, 0.25) is 0 Å². The largest absolute Gasteiger partial charge is 0.485 e. The van der Waals surface area contributed by atoms with Gasteiger partial charge in [0.2, 0.25) is 12.3 Å². The van der Waals surface area contributed by atoms with Gasteiger partial charge in [-0.15, -0.1) is 0 Å². The average molecular weight is 1040 g/mol. The number of aryl methyl sites for hydroxylation is 1. The maximum absolute atomic E-state index is 15.6. The first-order chi connectivity index (χ1) is 35.7. The Labute approximate surface area is 440 Å². The van der Waals surface area contributed by atoms with Crippen molar-refractivity contribution in [3.63, 3.8) is 0 Å². The van der Waals surface area contributed by atoms with Gasteiger partial charge in [0.25, 0.3) is 0 Å². The molecule has 2 aliphatic rings. The summed E-state index contributed by atoms with van der Waals surface area (Å²) in [5, 5.41) is 24.9. The minimum absolute atomic E-state index is 0.0194. The third-order valence-electron chi connectivity index (χ3n) is 12.1. The second-order valence-corrected chi connectivity index (χ2v) is 19.2. The van der Waals surface area contributed by atoms with Gasteiger partial charge in [0, 0.05) is 101 Å². The lowest BCUT2D eigenvalue weighted by atomic mass is 9.87. The number of ether oxygens (including phenoxy) is 1. The third-order valence-corrected chi connectivity index (χ3v) is 13.2. The predicted molar refractivity (Wildman–Crippen MR) is 296 cm³/mol. The molecule has 0 bridgehead atoms. The van der Waals surface area contributed by atoms with E-state index in [-0.39, 0.29) is 30.0 Å². The standard InChI is InChI=1S/C46H62FN13O2S.C2H5NO.C2H4O.C2H6.CH2O/c1-31(2)62-43-42(35-25-53-54-26-35)52-30-60(49-6)45(43)51-29-50-39-16-14-36(24-38(39)47)63-59-20-10-11-32(28-59)27-58-22-17-33(12-9-19-46(58,3)4)34-13-15-37-40(23-34)57(8)55-44(37)56(7)21-18-41(61)48-5;1-3-2-4;1-2-3;2*1-2/h9,12-16,23-26,30-33,50H,6,10-11,17-22,27-29H2,1-5,7-8H3,(H,48,61)(H,53,54);2H,1H3,(H,3,4);2H,1H3;1-2H3;1H2/b12-9?,51-45-;;;;. The first-order valence-corrected chi connectivity index (χ1v) is 25.7. The lowest BCUT2D eigenvalue weighted by Crippen LogP contribution is -2.49. The molecule has 5 heterocycles. The topological polar surface area (TPSA) is 212 Å². The Bertz CT molecular complexity index is 2620. The molecular formula is C53H79FN14O5S. The molecule has 1 saturated heterocycles. The molecule has 0 radical (unpaired) electrons. The molecule has 1 fully saturated rings. The molecule has 0 spiro atoms. The maximum Gasteiger partial charge on any atom is 0.221 e. The van der Waals surface area contributed by atoms with Crippen molar-refractivity contribution in [3.05, 3.63) is 84.1 Å². The monoisotopic (exact) mass is 1040 g/mol. The summed E-state index contributed by atoms with van der Waals surface area (Å²) >= 11 is 1.63. The second kappa shape index (κ2) is 31.8. The molecule has 2 aliphatic heterocycles. The van der Waals surface area contributed by atoms with Crippen LogP contribution in [0.1, 0.15) is 92.1 Å². The van der Waals surface area contributed by atoms with Gasteiger partial charge < -0.3 is 35.2 Å². The molecule has 0 saturated carbocycles. The Kier molecular flexibility index (Phi) is 26.5. The predicted octanol–water partition coefficient (Wildman–Crippen LogP) is 7.43. The van der Waals surface area contributed by atoms with Gasteiger partial charge in [-0.3, -0.25) is 24.3 Å². The number of halogens is 1. The molecular weight excluding hydrogens is 964 g/mol. The number of carbonyl (C=O) groups is 4. The van der Waals surface area contributed by atoms with Gasteiger partial charge in [-0.2, -0.15) is 15.3 Å². The number of hydrogen-bond acceptors (Lipinski definition) is 15. The average Bonchev–Trinajstić information content (AvgIpc) is 4.06. The van der Waals surface area contributed by atoms with E-state index in [1.807, 2.05) is 59.3 Å². The van der Waals surface area contributed by atoms with Crippen molar-refractivity contribution in [2.45, 2.75) is 103 Å². The van der Waals surface area contributed by atoms with Gasteiger partial charge in [-0.25, -0.2) is 23.3 Å². The van der Waals surface area contributed by atoms with Gasteiger partial charge in [0.1, 0.15) is 37.6 Å². The van der Waals surface area contributed by atoms with Gasteiger partial charge in [0.05, 0.1) is 23.5 Å². The number of carbonyl (C=O) groups excluding carboxylic acids is 4. The Morgan fingerprint density at radius 3 is 2.49 bits per heavy atom. The van der Waals surface area contributed by atoms with Crippen molar-refractivity contribution >= 4 is 66.5 Å². The Hall–Kier alpha value is -6.71. The van der Waals surface area contributed by atoms with Crippen molar-refractivity contribution in [2.75, 3.05) is 70.8 Å². The van der Waals surface area contributed by atoms with Gasteiger partial charge in [-0.05, 0) is 121 Å². The highest BCUT2D eigenvalue weighted by Gasteiger charge is 2.32. The smallest absolute Gasteiger partial charge is 0.221 e. The number of fused-ring (bicyclic) bond motifs is 1. The highest BCUT2D eigenvalue weighted by atomic mass is 32.2. The van der Waals surface area contributed by atoms with Gasteiger partial charge in [-0.1, -0.05) is 32.1 Å². The fraction of sp³-hybridized carbons (Fsp3) is 0.491. The van der Waals surface area contributed by atoms with Gasteiger partial charge in [0.15, 0.2) is 17.1 Å². The molecule has 19 nitrogen and oxygen atoms in total. The van der Waals surface area contributed by atoms with E-state index in [1.165, 1.54) is 29.9 Å². The van der Waals surface area contributed by atoms with E-state index < -0.39 is 0 Å². The number of allylic oxidation sites excluding steroid dienone is 1. The number of anilines is 2. The van der Waals surface area contributed by atoms with Crippen molar-refractivity contribution in [3.8, 4) is 17.0 Å². The van der Waals surface area contributed by atoms with Gasteiger partial charge >= 0.3 is 0 Å². The summed E-state index contributed by atoms with van der Waals surface area (Å²) in [5.74, 6) is 1.80. The van der Waals surface area contributed by atoms with E-state index in [9.17, 15) is 4.79 Å². The molecule has 74 heavy (non-hydrogen) atoms. The van der Waals surface area contributed by atoms with E-state index in [2.05, 4.69) is 101 Å². The first-order valence-electron chi connectivity index (χ1n) is 25.0. The number of benzene rings is 2. The molecule has 4 N–H and O–H groups in total. The van der Waals surface area contributed by atoms with Crippen LogP contribution in [-0.2, 0) is 26.2 Å². The van der Waals surface area contributed by atoms with E-state index in [1.54, 1.807) is 50.6 Å². The van der Waals surface area contributed by atoms with Crippen LogP contribution in [0.5, 0.6) is 5.75 Å². The molecule has 2 amide bonds. The highest BCUT2D eigenvalue weighted by Crippen LogP contribution is 2.36. The maximum atomic E-state index is 15.6. The van der Waals surface area contributed by atoms with Crippen molar-refractivity contribution < 1.29 is 28.3 Å². The third kappa shape index (κ3) is 17.8. The fourth-order valence-electron chi connectivity index (χ4n) is 8.46. The Morgan fingerprint density at radius 2 is 1.85 bits per heavy atom. The molecule has 2 atom stereocenters. The van der Waals surface area contributed by atoms with Crippen LogP contribution in [0, 0.1) is 11.7 Å². The number of amides is 2. The van der Waals surface area contributed by atoms with Crippen LogP contribution in [0.25, 0.3) is 22.2 Å². The molecule has 2 aromatic carbocycles. The lowest BCUT2D eigenvalue weighted by Gasteiger charge is -2.43. The summed E-state index contributed by atoms with van der Waals surface area (Å²) in [5.41, 5.74) is 4.47. The number of H-pyrrole nitrogens is 1. The number of nitrogens with one attached hydrogen (secondary N) is 4. The van der Waals surface area contributed by atoms with E-state index in [4.69, 9.17) is 29.2 Å². The van der Waals surface area contributed by atoms with E-state index >= 15 is 4.39 Å². The van der Waals surface area contributed by atoms with Crippen molar-refractivity contribution in [1.29, 1.82) is 0 Å². The number of nitrogens with zero attached hydrogens (tertiary/aromatic N) is 10. The van der Waals surface area contributed by atoms with E-state index in [0.29, 0.717) is 53.8 Å². The Morgan fingerprint density at radius 1 is 1.12 bits per heavy atom. The normalized spacial score (nSPS) is 16.5. The first kappa shape index (κ1) is 61.6. The highest BCUT2D eigenvalue weighted by molar-refractivity contribution is 7.97. The van der Waals surface area contributed by atoms with Crippen LogP contribution in [-0.4, -0.2) is 143 Å². The van der Waals surface area contributed by atoms with Crippen molar-refractivity contribution in [1.82, 2.24) is 49.5 Å². The molecule has 0 aliphatic carbocycles. The summed E-state index contributed by atoms with van der Waals surface area (Å²) in [6.07, 6.45) is 15.6. The minimum atomic E-state index is -0.343. The zero-order valence-corrected chi connectivity index (χ0v) is 46.0.